The Morgan fingerprint density at radius 3 is 2.20 bits per heavy atom. The second kappa shape index (κ2) is 3.29. The smallest absolute Gasteiger partial charge is 0.276 e. The maximum atomic E-state index is 10.5. The van der Waals surface area contributed by atoms with E-state index in [9.17, 15) is 8.42 Å². The van der Waals surface area contributed by atoms with Crippen molar-refractivity contribution in [3.05, 3.63) is 0 Å². The second-order valence-corrected chi connectivity index (χ2v) is 3.70. The summed E-state index contributed by atoms with van der Waals surface area (Å²) in [4.78, 5) is 0. The summed E-state index contributed by atoms with van der Waals surface area (Å²) in [6, 6.07) is -0.463. The highest BCUT2D eigenvalue weighted by atomic mass is 32.2. The molecule has 0 rings (SSSR count). The highest BCUT2D eigenvalue weighted by Crippen LogP contribution is 1.96. The molecular formula is C4H12N2O3S. The van der Waals surface area contributed by atoms with E-state index < -0.39 is 16.3 Å². The quantitative estimate of drug-likeness (QED) is 0.538. The van der Waals surface area contributed by atoms with Crippen LogP contribution in [-0.2, 0) is 10.2 Å². The molecule has 5 nitrogen and oxygen atoms in total. The molecule has 0 aliphatic carbocycles. The molecule has 3 N–H and O–H groups in total. The SMILES string of the molecule is CC(CO)N(C)S(N)(=O)=O. The van der Waals surface area contributed by atoms with Gasteiger partial charge in [0.1, 0.15) is 0 Å². The van der Waals surface area contributed by atoms with Gasteiger partial charge in [-0.1, -0.05) is 0 Å². The average molecular weight is 168 g/mol. The lowest BCUT2D eigenvalue weighted by Crippen LogP contribution is -2.41. The fourth-order valence-corrected chi connectivity index (χ4v) is 0.934. The van der Waals surface area contributed by atoms with Gasteiger partial charge >= 0.3 is 0 Å². The van der Waals surface area contributed by atoms with Gasteiger partial charge in [-0.2, -0.15) is 12.7 Å². The van der Waals surface area contributed by atoms with Gasteiger partial charge < -0.3 is 5.11 Å². The van der Waals surface area contributed by atoms with Crippen molar-refractivity contribution in [3.8, 4) is 0 Å². The molecule has 10 heavy (non-hydrogen) atoms. The van der Waals surface area contributed by atoms with Gasteiger partial charge in [0, 0.05) is 13.1 Å². The standard InChI is InChI=1S/C4H12N2O3S/c1-4(3-7)6(2)10(5,8)9/h4,7H,3H2,1-2H3,(H2,5,8,9). The van der Waals surface area contributed by atoms with Crippen LogP contribution in [0.5, 0.6) is 0 Å². The summed E-state index contributed by atoms with van der Waals surface area (Å²) in [5.41, 5.74) is 0. The zero-order valence-electron chi connectivity index (χ0n) is 5.98. The van der Waals surface area contributed by atoms with E-state index in [0.717, 1.165) is 4.31 Å². The van der Waals surface area contributed by atoms with E-state index >= 15 is 0 Å². The molecule has 0 amide bonds. The van der Waals surface area contributed by atoms with E-state index in [4.69, 9.17) is 10.2 Å². The largest absolute Gasteiger partial charge is 0.395 e. The summed E-state index contributed by atoms with van der Waals surface area (Å²) in [5.74, 6) is 0. The summed E-state index contributed by atoms with van der Waals surface area (Å²) >= 11 is 0. The second-order valence-electron chi connectivity index (χ2n) is 2.09. The van der Waals surface area contributed by atoms with Crippen LogP contribution in [-0.4, -0.2) is 37.5 Å². The molecule has 0 aromatic carbocycles. The molecule has 1 atom stereocenters. The molecule has 6 heteroatoms. The Kier molecular flexibility index (Phi) is 3.23. The van der Waals surface area contributed by atoms with E-state index in [1.54, 1.807) is 6.92 Å². The maximum absolute atomic E-state index is 10.5. The van der Waals surface area contributed by atoms with Crippen molar-refractivity contribution in [1.29, 1.82) is 0 Å². The number of hydrogen-bond donors (Lipinski definition) is 2. The van der Waals surface area contributed by atoms with Gasteiger partial charge in [0.25, 0.3) is 10.2 Å². The number of rotatable bonds is 3. The van der Waals surface area contributed by atoms with E-state index in [1.807, 2.05) is 0 Å². The predicted molar refractivity (Wildman–Crippen MR) is 37.4 cm³/mol. The van der Waals surface area contributed by atoms with Crippen LogP contribution in [0.3, 0.4) is 0 Å². The van der Waals surface area contributed by atoms with Gasteiger partial charge in [0.15, 0.2) is 0 Å². The van der Waals surface area contributed by atoms with Crippen molar-refractivity contribution in [2.45, 2.75) is 13.0 Å². The molecule has 0 saturated carbocycles. The number of nitrogens with two attached hydrogens (primary N) is 1. The third-order valence-corrected chi connectivity index (χ3v) is 2.45. The summed E-state index contributed by atoms with van der Waals surface area (Å²) in [6.07, 6.45) is 0. The van der Waals surface area contributed by atoms with Gasteiger partial charge in [-0.25, -0.2) is 5.14 Å². The lowest BCUT2D eigenvalue weighted by molar-refractivity contribution is 0.214. The molecule has 0 heterocycles. The molecule has 0 aromatic rings. The van der Waals surface area contributed by atoms with Crippen LogP contribution in [0.4, 0.5) is 0 Å². The molecule has 1 unspecified atom stereocenters. The molecule has 0 fully saturated rings. The van der Waals surface area contributed by atoms with Crippen molar-refractivity contribution in [1.82, 2.24) is 4.31 Å². The molecule has 0 saturated heterocycles. The van der Waals surface area contributed by atoms with E-state index in [1.165, 1.54) is 7.05 Å². The van der Waals surface area contributed by atoms with Gasteiger partial charge in [0.2, 0.25) is 0 Å². The Morgan fingerprint density at radius 1 is 1.70 bits per heavy atom. The van der Waals surface area contributed by atoms with Gasteiger partial charge in [0.05, 0.1) is 6.61 Å². The lowest BCUT2D eigenvalue weighted by atomic mass is 10.4. The highest BCUT2D eigenvalue weighted by Gasteiger charge is 2.17. The predicted octanol–water partition coefficient (Wildman–Crippen LogP) is -1.50. The molecule has 62 valence electrons. The number of aliphatic hydroxyl groups excluding tert-OH is 1. The summed E-state index contributed by atoms with van der Waals surface area (Å²) in [6.45, 7) is 1.33. The Balaban J connectivity index is 4.23. The fraction of sp³-hybridized carbons (Fsp3) is 1.00. The van der Waals surface area contributed by atoms with E-state index in [-0.39, 0.29) is 6.61 Å². The Bertz CT molecular complexity index is 189. The monoisotopic (exact) mass is 168 g/mol. The summed E-state index contributed by atoms with van der Waals surface area (Å²) in [7, 11) is -2.33. The molecular weight excluding hydrogens is 156 g/mol. The average Bonchev–Trinajstić information content (AvgIpc) is 1.83. The van der Waals surface area contributed by atoms with Crippen LogP contribution in [0.25, 0.3) is 0 Å². The zero-order chi connectivity index (χ0) is 8.36. The van der Waals surface area contributed by atoms with Crippen LogP contribution in [0.15, 0.2) is 0 Å². The summed E-state index contributed by atoms with van der Waals surface area (Å²) in [5, 5.41) is 13.2. The highest BCUT2D eigenvalue weighted by molar-refractivity contribution is 7.86. The van der Waals surface area contributed by atoms with E-state index in [0.29, 0.717) is 0 Å². The van der Waals surface area contributed by atoms with Crippen LogP contribution in [0.2, 0.25) is 0 Å². The first-order valence-electron chi connectivity index (χ1n) is 2.76. The first-order valence-corrected chi connectivity index (χ1v) is 4.26. The number of aliphatic hydroxyl groups is 1. The van der Waals surface area contributed by atoms with Crippen LogP contribution >= 0.6 is 0 Å². The first kappa shape index (κ1) is 9.83. The molecule has 0 spiro atoms. The Labute approximate surface area is 60.6 Å². The third-order valence-electron chi connectivity index (χ3n) is 1.29. The van der Waals surface area contributed by atoms with Crippen LogP contribution in [0.1, 0.15) is 6.92 Å². The van der Waals surface area contributed by atoms with Crippen molar-refractivity contribution < 1.29 is 13.5 Å². The Hall–Kier alpha value is -0.170. The van der Waals surface area contributed by atoms with Gasteiger partial charge in [-0.05, 0) is 6.92 Å². The Morgan fingerprint density at radius 2 is 2.10 bits per heavy atom. The molecule has 0 aliphatic rings. The lowest BCUT2D eigenvalue weighted by Gasteiger charge is -2.18. The van der Waals surface area contributed by atoms with Crippen molar-refractivity contribution >= 4 is 10.2 Å². The minimum absolute atomic E-state index is 0.229. The zero-order valence-corrected chi connectivity index (χ0v) is 6.80. The van der Waals surface area contributed by atoms with Crippen molar-refractivity contribution in [3.63, 3.8) is 0 Å². The minimum Gasteiger partial charge on any atom is -0.395 e. The number of hydrogen-bond acceptors (Lipinski definition) is 3. The first-order chi connectivity index (χ1) is 4.39. The normalized spacial score (nSPS) is 15.7. The van der Waals surface area contributed by atoms with Gasteiger partial charge in [-0.15, -0.1) is 0 Å². The van der Waals surface area contributed by atoms with E-state index in [2.05, 4.69) is 0 Å². The van der Waals surface area contributed by atoms with Gasteiger partial charge in [-0.3, -0.25) is 0 Å². The number of nitrogens with zero attached hydrogens (tertiary/aromatic N) is 1. The molecule has 0 aliphatic heterocycles. The van der Waals surface area contributed by atoms with Crippen LogP contribution in [0, 0.1) is 0 Å². The van der Waals surface area contributed by atoms with Crippen LogP contribution < -0.4 is 5.14 Å². The van der Waals surface area contributed by atoms with Crippen molar-refractivity contribution in [2.24, 2.45) is 5.14 Å². The van der Waals surface area contributed by atoms with Crippen molar-refractivity contribution in [2.75, 3.05) is 13.7 Å². The summed E-state index contributed by atoms with van der Waals surface area (Å²) < 4.78 is 22.0. The maximum Gasteiger partial charge on any atom is 0.276 e. The molecule has 0 aromatic heterocycles. The minimum atomic E-state index is -3.64. The third kappa shape index (κ3) is 2.61. The fourth-order valence-electron chi connectivity index (χ4n) is 0.366. The topological polar surface area (TPSA) is 83.6 Å². The molecule has 0 bridgehead atoms. The molecule has 0 radical (unpaired) electrons. The number of likely N-dealkylation sites (N-methyl/N-ethyl adjacent to an activating group) is 1.